The van der Waals surface area contributed by atoms with E-state index in [1.54, 1.807) is 12.1 Å². The van der Waals surface area contributed by atoms with Crippen LogP contribution in [0.4, 0.5) is 0 Å². The Morgan fingerprint density at radius 3 is 2.52 bits per heavy atom. The van der Waals surface area contributed by atoms with Gasteiger partial charge in [0.25, 0.3) is 11.5 Å². The maximum absolute atomic E-state index is 13.1. The lowest BCUT2D eigenvalue weighted by molar-refractivity contribution is -0.138. The molecule has 0 aliphatic carbocycles. The third-order valence-electron chi connectivity index (χ3n) is 6.28. The average molecular weight is 367 g/mol. The van der Waals surface area contributed by atoms with Gasteiger partial charge in [0.1, 0.15) is 0 Å². The third kappa shape index (κ3) is 3.13. The Labute approximate surface area is 158 Å². The average Bonchev–Trinajstić information content (AvgIpc) is 2.71. The van der Waals surface area contributed by atoms with E-state index < -0.39 is 0 Å². The van der Waals surface area contributed by atoms with Crippen molar-refractivity contribution in [2.75, 3.05) is 26.2 Å². The van der Waals surface area contributed by atoms with E-state index in [0.29, 0.717) is 35.8 Å². The van der Waals surface area contributed by atoms with Crippen LogP contribution in [0, 0.1) is 5.41 Å². The SMILES string of the molecule is CCN1CC2(CCC1=O)CCN(C(=O)c1c[nH]c(=O)c3ccccc13)CC2. The standard InChI is InChI=1S/C21H25N3O3/c1-2-23-14-21(8-7-18(23)25)9-11-24(12-10-21)20(27)17-13-22-19(26)16-6-4-3-5-15(16)17/h3-6,13H,2,7-12,14H2,1H3,(H,22,26). The molecule has 4 rings (SSSR count). The van der Waals surface area contributed by atoms with Crippen LogP contribution in [0.2, 0.25) is 0 Å². The summed E-state index contributed by atoms with van der Waals surface area (Å²) in [5.41, 5.74) is 0.523. The van der Waals surface area contributed by atoms with E-state index >= 15 is 0 Å². The zero-order valence-corrected chi connectivity index (χ0v) is 15.7. The van der Waals surface area contributed by atoms with Crippen molar-refractivity contribution in [2.24, 2.45) is 5.41 Å². The largest absolute Gasteiger partial charge is 0.342 e. The number of hydrogen-bond acceptors (Lipinski definition) is 3. The van der Waals surface area contributed by atoms with Crippen LogP contribution in [-0.2, 0) is 4.79 Å². The number of aromatic nitrogens is 1. The molecule has 1 aromatic heterocycles. The number of H-pyrrole nitrogens is 1. The topological polar surface area (TPSA) is 73.5 Å². The molecule has 0 saturated carbocycles. The van der Waals surface area contributed by atoms with Crippen LogP contribution in [0.15, 0.2) is 35.3 Å². The van der Waals surface area contributed by atoms with Crippen molar-refractivity contribution in [1.29, 1.82) is 0 Å². The van der Waals surface area contributed by atoms with E-state index in [2.05, 4.69) is 4.98 Å². The van der Waals surface area contributed by atoms with Gasteiger partial charge in [-0.25, -0.2) is 0 Å². The molecule has 2 amide bonds. The summed E-state index contributed by atoms with van der Waals surface area (Å²) in [6.45, 7) is 4.98. The summed E-state index contributed by atoms with van der Waals surface area (Å²) < 4.78 is 0. The highest BCUT2D eigenvalue weighted by Gasteiger charge is 2.41. The molecule has 2 aliphatic heterocycles. The number of nitrogens with one attached hydrogen (secondary N) is 1. The first-order chi connectivity index (χ1) is 13.0. The molecular formula is C21H25N3O3. The van der Waals surface area contributed by atoms with Gasteiger partial charge in [0, 0.05) is 49.6 Å². The lowest BCUT2D eigenvalue weighted by atomic mass is 9.72. The first kappa shape index (κ1) is 17.8. The van der Waals surface area contributed by atoms with Crippen LogP contribution in [0.25, 0.3) is 10.8 Å². The Bertz CT molecular complexity index is 941. The van der Waals surface area contributed by atoms with Gasteiger partial charge in [-0.2, -0.15) is 0 Å². The molecule has 1 aromatic carbocycles. The number of nitrogens with zero attached hydrogens (tertiary/aromatic N) is 2. The van der Waals surface area contributed by atoms with Gasteiger partial charge in [0.15, 0.2) is 0 Å². The molecule has 0 radical (unpaired) electrons. The smallest absolute Gasteiger partial charge is 0.255 e. The number of fused-ring (bicyclic) bond motifs is 1. The molecule has 2 aliphatic rings. The van der Waals surface area contributed by atoms with Crippen molar-refractivity contribution in [3.63, 3.8) is 0 Å². The molecule has 3 heterocycles. The van der Waals surface area contributed by atoms with Crippen molar-refractivity contribution in [2.45, 2.75) is 32.6 Å². The summed E-state index contributed by atoms with van der Waals surface area (Å²) in [4.78, 5) is 43.6. The van der Waals surface area contributed by atoms with Crippen molar-refractivity contribution >= 4 is 22.6 Å². The van der Waals surface area contributed by atoms with Crippen LogP contribution in [0.1, 0.15) is 43.0 Å². The predicted molar refractivity (Wildman–Crippen MR) is 104 cm³/mol. The third-order valence-corrected chi connectivity index (χ3v) is 6.28. The Morgan fingerprint density at radius 1 is 1.11 bits per heavy atom. The molecule has 1 N–H and O–H groups in total. The van der Waals surface area contributed by atoms with E-state index in [0.717, 1.165) is 32.4 Å². The highest BCUT2D eigenvalue weighted by Crippen LogP contribution is 2.40. The van der Waals surface area contributed by atoms with E-state index in [4.69, 9.17) is 0 Å². The second-order valence-corrected chi connectivity index (χ2v) is 7.78. The number of benzene rings is 1. The number of pyridine rings is 1. The van der Waals surface area contributed by atoms with Gasteiger partial charge in [-0.3, -0.25) is 14.4 Å². The molecule has 1 spiro atoms. The van der Waals surface area contributed by atoms with Crippen molar-refractivity contribution in [3.8, 4) is 0 Å². The maximum Gasteiger partial charge on any atom is 0.255 e. The number of likely N-dealkylation sites (tertiary alicyclic amines) is 2. The number of hydrogen-bond donors (Lipinski definition) is 1. The van der Waals surface area contributed by atoms with Crippen LogP contribution in [0.5, 0.6) is 0 Å². The zero-order valence-electron chi connectivity index (χ0n) is 15.7. The summed E-state index contributed by atoms with van der Waals surface area (Å²) in [5, 5.41) is 1.24. The second-order valence-electron chi connectivity index (χ2n) is 7.78. The number of aromatic amines is 1. The van der Waals surface area contributed by atoms with Gasteiger partial charge >= 0.3 is 0 Å². The van der Waals surface area contributed by atoms with E-state index in [1.807, 2.05) is 28.9 Å². The number of piperidine rings is 2. The fourth-order valence-electron chi connectivity index (χ4n) is 4.54. The summed E-state index contributed by atoms with van der Waals surface area (Å²) >= 11 is 0. The van der Waals surface area contributed by atoms with Gasteiger partial charge in [-0.1, -0.05) is 18.2 Å². The van der Waals surface area contributed by atoms with E-state index in [9.17, 15) is 14.4 Å². The van der Waals surface area contributed by atoms with E-state index in [1.165, 1.54) is 6.20 Å². The second kappa shape index (κ2) is 6.83. The molecule has 27 heavy (non-hydrogen) atoms. The fraction of sp³-hybridized carbons (Fsp3) is 0.476. The molecule has 6 nitrogen and oxygen atoms in total. The zero-order chi connectivity index (χ0) is 19.0. The first-order valence-electron chi connectivity index (χ1n) is 9.70. The lowest BCUT2D eigenvalue weighted by Gasteiger charge is -2.47. The molecule has 2 fully saturated rings. The Kier molecular flexibility index (Phi) is 4.50. The Balaban J connectivity index is 1.52. The summed E-state index contributed by atoms with van der Waals surface area (Å²) in [6.07, 6.45) is 4.92. The summed E-state index contributed by atoms with van der Waals surface area (Å²) in [6, 6.07) is 7.23. The molecule has 0 atom stereocenters. The molecule has 2 aromatic rings. The fourth-order valence-corrected chi connectivity index (χ4v) is 4.54. The maximum atomic E-state index is 13.1. The van der Waals surface area contributed by atoms with Gasteiger partial charge in [-0.15, -0.1) is 0 Å². The van der Waals surface area contributed by atoms with Gasteiger partial charge in [0.2, 0.25) is 5.91 Å². The van der Waals surface area contributed by atoms with Crippen molar-refractivity contribution in [1.82, 2.24) is 14.8 Å². The van der Waals surface area contributed by atoms with Gasteiger partial charge < -0.3 is 14.8 Å². The summed E-state index contributed by atoms with van der Waals surface area (Å²) in [7, 11) is 0. The number of carbonyl (C=O) groups is 2. The quantitative estimate of drug-likeness (QED) is 0.886. The Morgan fingerprint density at radius 2 is 1.81 bits per heavy atom. The van der Waals surface area contributed by atoms with Gasteiger partial charge in [0.05, 0.1) is 5.56 Å². The number of amides is 2. The van der Waals surface area contributed by atoms with Gasteiger partial charge in [-0.05, 0) is 37.7 Å². The van der Waals surface area contributed by atoms with Crippen LogP contribution < -0.4 is 5.56 Å². The number of rotatable bonds is 2. The number of carbonyl (C=O) groups excluding carboxylic acids is 2. The first-order valence-corrected chi connectivity index (χ1v) is 9.70. The molecule has 142 valence electrons. The monoisotopic (exact) mass is 367 g/mol. The molecule has 6 heteroatoms. The van der Waals surface area contributed by atoms with Crippen LogP contribution in [-0.4, -0.2) is 52.8 Å². The van der Waals surface area contributed by atoms with Crippen LogP contribution in [0.3, 0.4) is 0 Å². The minimum Gasteiger partial charge on any atom is -0.342 e. The van der Waals surface area contributed by atoms with Crippen molar-refractivity contribution in [3.05, 3.63) is 46.4 Å². The molecular weight excluding hydrogens is 342 g/mol. The molecule has 0 unspecified atom stereocenters. The summed E-state index contributed by atoms with van der Waals surface area (Å²) in [5.74, 6) is 0.220. The minimum atomic E-state index is -0.175. The van der Waals surface area contributed by atoms with Crippen molar-refractivity contribution < 1.29 is 9.59 Å². The molecule has 0 bridgehead atoms. The molecule has 2 saturated heterocycles. The van der Waals surface area contributed by atoms with Crippen LogP contribution >= 0.6 is 0 Å². The Hall–Kier alpha value is -2.63. The van der Waals surface area contributed by atoms with E-state index in [-0.39, 0.29) is 22.8 Å². The lowest BCUT2D eigenvalue weighted by Crippen LogP contribution is -2.52. The predicted octanol–water partition coefficient (Wildman–Crippen LogP) is 2.39. The normalized spacial score (nSPS) is 19.7. The minimum absolute atomic E-state index is 0.0310. The highest BCUT2D eigenvalue weighted by molar-refractivity contribution is 6.06. The highest BCUT2D eigenvalue weighted by atomic mass is 16.2.